The largest absolute Gasteiger partial charge is 0.340 e. The second-order valence-electron chi connectivity index (χ2n) is 8.26. The van der Waals surface area contributed by atoms with Crippen LogP contribution in [0, 0.1) is 5.92 Å². The number of piperazine rings is 1. The van der Waals surface area contributed by atoms with Crippen molar-refractivity contribution in [2.24, 2.45) is 5.92 Å². The van der Waals surface area contributed by atoms with Gasteiger partial charge in [-0.1, -0.05) is 12.1 Å². The summed E-state index contributed by atoms with van der Waals surface area (Å²) >= 11 is 0. The number of hydrogen-bond acceptors (Lipinski definition) is 6. The van der Waals surface area contributed by atoms with Crippen molar-refractivity contribution in [3.05, 3.63) is 40.4 Å². The molecule has 156 valence electrons. The van der Waals surface area contributed by atoms with Crippen molar-refractivity contribution in [3.63, 3.8) is 0 Å². The molecule has 2 unspecified atom stereocenters. The van der Waals surface area contributed by atoms with E-state index >= 15 is 0 Å². The zero-order valence-electron chi connectivity index (χ0n) is 17.1. The number of nitrogens with zero attached hydrogens (tertiary/aromatic N) is 3. The highest BCUT2D eigenvalue weighted by molar-refractivity contribution is 5.77. The van der Waals surface area contributed by atoms with E-state index in [9.17, 15) is 9.59 Å². The molecule has 2 aliphatic heterocycles. The molecule has 8 nitrogen and oxygen atoms in total. The van der Waals surface area contributed by atoms with Crippen LogP contribution in [0.3, 0.4) is 0 Å². The third-order valence-electron chi connectivity index (χ3n) is 6.27. The van der Waals surface area contributed by atoms with Gasteiger partial charge in [-0.25, -0.2) is 4.98 Å². The van der Waals surface area contributed by atoms with Gasteiger partial charge in [-0.15, -0.1) is 0 Å². The molecule has 29 heavy (non-hydrogen) atoms. The highest BCUT2D eigenvalue weighted by Crippen LogP contribution is 2.21. The lowest BCUT2D eigenvalue weighted by Crippen LogP contribution is -2.48. The third kappa shape index (κ3) is 4.49. The fraction of sp³-hybridized carbons (Fsp3) is 0.571. The Morgan fingerprint density at radius 3 is 2.52 bits per heavy atom. The van der Waals surface area contributed by atoms with Gasteiger partial charge in [-0.2, -0.15) is 0 Å². The van der Waals surface area contributed by atoms with Gasteiger partial charge in [0.2, 0.25) is 5.91 Å². The quantitative estimate of drug-likeness (QED) is 0.691. The summed E-state index contributed by atoms with van der Waals surface area (Å²) in [6.45, 7) is 7.96. The van der Waals surface area contributed by atoms with Crippen molar-refractivity contribution in [2.75, 3.05) is 26.2 Å². The van der Waals surface area contributed by atoms with Crippen LogP contribution >= 0.6 is 0 Å². The molecule has 3 N–H and O–H groups in total. The number of para-hydroxylation sites is 1. The first kappa shape index (κ1) is 20.0. The second-order valence-corrected chi connectivity index (χ2v) is 8.26. The summed E-state index contributed by atoms with van der Waals surface area (Å²) in [5, 5.41) is 0.614. The van der Waals surface area contributed by atoms with Crippen molar-refractivity contribution >= 4 is 16.8 Å². The van der Waals surface area contributed by atoms with Crippen LogP contribution in [-0.2, 0) is 11.3 Å². The van der Waals surface area contributed by atoms with E-state index in [1.807, 2.05) is 23.1 Å². The van der Waals surface area contributed by atoms with Crippen molar-refractivity contribution in [2.45, 2.75) is 45.3 Å². The minimum Gasteiger partial charge on any atom is -0.340 e. The summed E-state index contributed by atoms with van der Waals surface area (Å²) < 4.78 is 0. The first-order valence-corrected chi connectivity index (χ1v) is 10.5. The van der Waals surface area contributed by atoms with Gasteiger partial charge in [0.05, 0.1) is 17.4 Å². The summed E-state index contributed by atoms with van der Waals surface area (Å²) in [4.78, 5) is 36.6. The van der Waals surface area contributed by atoms with Gasteiger partial charge < -0.3 is 9.88 Å². The number of carbonyl (C=O) groups is 1. The SMILES string of the molecule is CC1NNC(C)C1CCC(=O)N1CCN(Cc2nc3ccccc3c(=O)[nH]2)CC1. The average molecular weight is 399 g/mol. The minimum absolute atomic E-state index is 0.0984. The monoisotopic (exact) mass is 398 g/mol. The smallest absolute Gasteiger partial charge is 0.258 e. The lowest BCUT2D eigenvalue weighted by Gasteiger charge is -2.34. The fourth-order valence-corrected chi connectivity index (χ4v) is 4.44. The Balaban J connectivity index is 1.28. The van der Waals surface area contributed by atoms with Crippen LogP contribution in [-0.4, -0.2) is 63.9 Å². The number of benzene rings is 1. The number of carbonyl (C=O) groups excluding carboxylic acids is 1. The summed E-state index contributed by atoms with van der Waals surface area (Å²) in [6, 6.07) is 8.17. The van der Waals surface area contributed by atoms with Crippen LogP contribution in [0.25, 0.3) is 10.9 Å². The number of rotatable bonds is 5. The number of aromatic amines is 1. The van der Waals surface area contributed by atoms with E-state index in [0.717, 1.165) is 38.1 Å². The molecule has 2 aliphatic rings. The number of fused-ring (bicyclic) bond motifs is 1. The Morgan fingerprint density at radius 2 is 1.79 bits per heavy atom. The molecule has 1 aromatic heterocycles. The van der Waals surface area contributed by atoms with E-state index in [1.54, 1.807) is 6.07 Å². The molecule has 0 bridgehead atoms. The molecule has 4 rings (SSSR count). The van der Waals surface area contributed by atoms with Crippen molar-refractivity contribution < 1.29 is 4.79 Å². The van der Waals surface area contributed by atoms with Crippen LogP contribution < -0.4 is 16.4 Å². The molecule has 0 aliphatic carbocycles. The number of hydrazine groups is 1. The van der Waals surface area contributed by atoms with Gasteiger partial charge in [0.25, 0.3) is 5.56 Å². The van der Waals surface area contributed by atoms with Crippen molar-refractivity contribution in [1.29, 1.82) is 0 Å². The topological polar surface area (TPSA) is 93.4 Å². The van der Waals surface area contributed by atoms with Gasteiger partial charge in [-0.05, 0) is 38.3 Å². The van der Waals surface area contributed by atoms with E-state index in [0.29, 0.717) is 42.2 Å². The van der Waals surface area contributed by atoms with Crippen LogP contribution in [0.4, 0.5) is 0 Å². The highest BCUT2D eigenvalue weighted by atomic mass is 16.2. The van der Waals surface area contributed by atoms with Crippen LogP contribution in [0.2, 0.25) is 0 Å². The Bertz CT molecular complexity index is 911. The molecular formula is C21H30N6O2. The average Bonchev–Trinajstić information content (AvgIpc) is 3.04. The van der Waals surface area contributed by atoms with E-state index in [1.165, 1.54) is 0 Å². The van der Waals surface area contributed by atoms with Gasteiger partial charge in [0.1, 0.15) is 5.82 Å². The van der Waals surface area contributed by atoms with Crippen LogP contribution in [0.1, 0.15) is 32.5 Å². The summed E-state index contributed by atoms with van der Waals surface area (Å²) in [6.07, 6.45) is 1.51. The van der Waals surface area contributed by atoms with E-state index in [-0.39, 0.29) is 11.5 Å². The number of aromatic nitrogens is 2. The summed E-state index contributed by atoms with van der Waals surface area (Å²) in [7, 11) is 0. The fourth-order valence-electron chi connectivity index (χ4n) is 4.44. The maximum absolute atomic E-state index is 12.6. The number of amides is 1. The normalized spacial score (nSPS) is 25.6. The summed E-state index contributed by atoms with van der Waals surface area (Å²) in [5.41, 5.74) is 7.13. The minimum atomic E-state index is -0.0984. The molecule has 1 aromatic carbocycles. The molecule has 0 spiro atoms. The zero-order valence-corrected chi connectivity index (χ0v) is 17.1. The molecule has 2 saturated heterocycles. The number of hydrogen-bond donors (Lipinski definition) is 3. The Hall–Kier alpha value is -2.29. The lowest BCUT2D eigenvalue weighted by atomic mass is 9.91. The molecule has 2 fully saturated rings. The zero-order chi connectivity index (χ0) is 20.4. The van der Waals surface area contributed by atoms with Gasteiger partial charge in [-0.3, -0.25) is 25.3 Å². The predicted octanol–water partition coefficient (Wildman–Crippen LogP) is 0.849. The molecule has 2 aromatic rings. The molecular weight excluding hydrogens is 368 g/mol. The number of H-pyrrole nitrogens is 1. The maximum Gasteiger partial charge on any atom is 0.258 e. The Morgan fingerprint density at radius 1 is 1.10 bits per heavy atom. The molecule has 8 heteroatoms. The standard InChI is InChI=1S/C21H30N6O2/c1-14-16(15(2)25-24-14)7-8-20(28)27-11-9-26(10-12-27)13-19-22-18-6-4-3-5-17(18)21(29)23-19/h3-6,14-16,24-25H,7-13H2,1-2H3,(H,22,23,29). The third-order valence-corrected chi connectivity index (χ3v) is 6.27. The predicted molar refractivity (Wildman–Crippen MR) is 112 cm³/mol. The van der Waals surface area contributed by atoms with E-state index in [4.69, 9.17) is 0 Å². The maximum atomic E-state index is 12.6. The number of nitrogens with one attached hydrogen (secondary N) is 3. The highest BCUT2D eigenvalue weighted by Gasteiger charge is 2.30. The molecule has 0 radical (unpaired) electrons. The van der Waals surface area contributed by atoms with E-state index < -0.39 is 0 Å². The Kier molecular flexibility index (Phi) is 5.94. The molecule has 2 atom stereocenters. The van der Waals surface area contributed by atoms with Gasteiger partial charge in [0.15, 0.2) is 0 Å². The van der Waals surface area contributed by atoms with Crippen molar-refractivity contribution in [3.8, 4) is 0 Å². The first-order chi connectivity index (χ1) is 14.0. The summed E-state index contributed by atoms with van der Waals surface area (Å²) in [5.74, 6) is 1.40. The van der Waals surface area contributed by atoms with Crippen LogP contribution in [0.5, 0.6) is 0 Å². The second kappa shape index (κ2) is 8.61. The Labute approximate surface area is 170 Å². The lowest BCUT2D eigenvalue weighted by molar-refractivity contribution is -0.133. The van der Waals surface area contributed by atoms with Gasteiger partial charge in [0, 0.05) is 44.7 Å². The molecule has 1 amide bonds. The molecule has 0 saturated carbocycles. The van der Waals surface area contributed by atoms with Crippen molar-refractivity contribution in [1.82, 2.24) is 30.6 Å². The van der Waals surface area contributed by atoms with Gasteiger partial charge >= 0.3 is 0 Å². The first-order valence-electron chi connectivity index (χ1n) is 10.5. The van der Waals surface area contributed by atoms with Crippen LogP contribution in [0.15, 0.2) is 29.1 Å². The molecule has 3 heterocycles. The van der Waals surface area contributed by atoms with E-state index in [2.05, 4.69) is 39.6 Å².